The second-order valence-electron chi connectivity index (χ2n) is 4.12. The lowest BCUT2D eigenvalue weighted by molar-refractivity contribution is 0.100. The molecule has 0 unspecified atom stereocenters. The first-order valence-corrected chi connectivity index (χ1v) is 6.69. The van der Waals surface area contributed by atoms with Crippen LogP contribution in [0.5, 0.6) is 5.75 Å². The van der Waals surface area contributed by atoms with Crippen LogP contribution < -0.4 is 15.8 Å². The number of para-hydroxylation sites is 1. The van der Waals surface area contributed by atoms with Crippen molar-refractivity contribution in [3.05, 3.63) is 46.3 Å². The average molecular weight is 290 g/mol. The number of ether oxygens (including phenoxy) is 1. The minimum atomic E-state index is -0.565. The van der Waals surface area contributed by atoms with Gasteiger partial charge in [-0.3, -0.25) is 9.59 Å². The number of aryl methyl sites for hydroxylation is 1. The van der Waals surface area contributed by atoms with Gasteiger partial charge in [-0.15, -0.1) is 11.3 Å². The van der Waals surface area contributed by atoms with E-state index in [9.17, 15) is 9.59 Å². The highest BCUT2D eigenvalue weighted by atomic mass is 32.1. The number of thiophene rings is 1. The van der Waals surface area contributed by atoms with Crippen molar-refractivity contribution in [2.24, 2.45) is 5.73 Å². The van der Waals surface area contributed by atoms with Crippen LogP contribution in [0.25, 0.3) is 0 Å². The largest absolute Gasteiger partial charge is 0.496 e. The maximum atomic E-state index is 12.2. The van der Waals surface area contributed by atoms with E-state index < -0.39 is 5.91 Å². The van der Waals surface area contributed by atoms with Crippen LogP contribution in [0.3, 0.4) is 0 Å². The molecule has 0 spiro atoms. The highest BCUT2D eigenvalue weighted by Gasteiger charge is 2.17. The zero-order chi connectivity index (χ0) is 14.7. The zero-order valence-corrected chi connectivity index (χ0v) is 11.9. The maximum Gasteiger partial charge on any atom is 0.260 e. The minimum Gasteiger partial charge on any atom is -0.496 e. The normalized spacial score (nSPS) is 10.1. The number of carbonyl (C=O) groups is 2. The second-order valence-corrected chi connectivity index (χ2v) is 5.37. The lowest BCUT2D eigenvalue weighted by Gasteiger charge is -2.08. The van der Waals surface area contributed by atoms with Crippen molar-refractivity contribution in [3.8, 4) is 5.75 Å². The number of carbonyl (C=O) groups excluding carboxylic acids is 2. The molecular formula is C14H14N2O3S. The molecule has 0 aliphatic carbocycles. The van der Waals surface area contributed by atoms with Gasteiger partial charge in [0.05, 0.1) is 18.2 Å². The van der Waals surface area contributed by atoms with E-state index in [1.165, 1.54) is 18.4 Å². The van der Waals surface area contributed by atoms with Gasteiger partial charge < -0.3 is 15.8 Å². The molecule has 2 amide bonds. The predicted octanol–water partition coefficient (Wildman–Crippen LogP) is 2.42. The SMILES string of the molecule is COc1ccccc1C(=O)Nc1sc(C)cc1C(N)=O. The number of methoxy groups -OCH3 is 1. The van der Waals surface area contributed by atoms with E-state index in [1.54, 1.807) is 30.3 Å². The summed E-state index contributed by atoms with van der Waals surface area (Å²) >= 11 is 1.31. The number of hydrogen-bond acceptors (Lipinski definition) is 4. The van der Waals surface area contributed by atoms with Gasteiger partial charge in [0, 0.05) is 4.88 Å². The van der Waals surface area contributed by atoms with Crippen LogP contribution in [-0.2, 0) is 0 Å². The van der Waals surface area contributed by atoms with Crippen molar-refractivity contribution in [2.75, 3.05) is 12.4 Å². The molecule has 0 fully saturated rings. The van der Waals surface area contributed by atoms with Gasteiger partial charge in [-0.25, -0.2) is 0 Å². The highest BCUT2D eigenvalue weighted by Crippen LogP contribution is 2.28. The number of benzene rings is 1. The minimum absolute atomic E-state index is 0.316. The number of amides is 2. The number of nitrogens with two attached hydrogens (primary N) is 1. The Balaban J connectivity index is 2.30. The summed E-state index contributed by atoms with van der Waals surface area (Å²) in [6.45, 7) is 1.84. The smallest absolute Gasteiger partial charge is 0.260 e. The number of anilines is 1. The Morgan fingerprint density at radius 2 is 1.95 bits per heavy atom. The molecule has 0 atom stereocenters. The Morgan fingerprint density at radius 3 is 2.60 bits per heavy atom. The van der Waals surface area contributed by atoms with Crippen molar-refractivity contribution >= 4 is 28.2 Å². The van der Waals surface area contributed by atoms with Crippen LogP contribution in [-0.4, -0.2) is 18.9 Å². The molecular weight excluding hydrogens is 276 g/mol. The van der Waals surface area contributed by atoms with Gasteiger partial charge in [-0.05, 0) is 25.1 Å². The molecule has 0 aliphatic rings. The third-order valence-electron chi connectivity index (χ3n) is 2.70. The van der Waals surface area contributed by atoms with Crippen molar-refractivity contribution in [1.82, 2.24) is 0 Å². The first kappa shape index (κ1) is 14.1. The fourth-order valence-corrected chi connectivity index (χ4v) is 2.70. The molecule has 0 aliphatic heterocycles. The van der Waals surface area contributed by atoms with Crippen molar-refractivity contribution < 1.29 is 14.3 Å². The monoisotopic (exact) mass is 290 g/mol. The predicted molar refractivity (Wildman–Crippen MR) is 78.5 cm³/mol. The summed E-state index contributed by atoms with van der Waals surface area (Å²) in [6, 6.07) is 8.53. The van der Waals surface area contributed by atoms with E-state index >= 15 is 0 Å². The fourth-order valence-electron chi connectivity index (χ4n) is 1.79. The van der Waals surface area contributed by atoms with E-state index in [0.29, 0.717) is 21.9 Å². The topological polar surface area (TPSA) is 81.4 Å². The average Bonchev–Trinajstić information content (AvgIpc) is 2.79. The molecule has 2 rings (SSSR count). The molecule has 104 valence electrons. The molecule has 2 aromatic rings. The molecule has 0 saturated carbocycles. The Bertz CT molecular complexity index is 664. The first-order chi connectivity index (χ1) is 9.52. The van der Waals surface area contributed by atoms with Gasteiger partial charge in [-0.2, -0.15) is 0 Å². The van der Waals surface area contributed by atoms with E-state index in [1.807, 2.05) is 6.92 Å². The molecule has 0 bridgehead atoms. The van der Waals surface area contributed by atoms with Crippen LogP contribution in [0, 0.1) is 6.92 Å². The Morgan fingerprint density at radius 1 is 1.25 bits per heavy atom. The second kappa shape index (κ2) is 5.75. The van der Waals surface area contributed by atoms with Crippen LogP contribution in [0.4, 0.5) is 5.00 Å². The number of hydrogen-bond donors (Lipinski definition) is 2. The van der Waals surface area contributed by atoms with Gasteiger partial charge in [0.1, 0.15) is 10.8 Å². The fraction of sp³-hybridized carbons (Fsp3) is 0.143. The van der Waals surface area contributed by atoms with Gasteiger partial charge in [0.2, 0.25) is 0 Å². The Kier molecular flexibility index (Phi) is 4.05. The van der Waals surface area contributed by atoms with Crippen LogP contribution in [0.15, 0.2) is 30.3 Å². The first-order valence-electron chi connectivity index (χ1n) is 5.87. The van der Waals surface area contributed by atoms with E-state index in [0.717, 1.165) is 4.88 Å². The van der Waals surface area contributed by atoms with Crippen molar-refractivity contribution in [3.63, 3.8) is 0 Å². The third kappa shape index (κ3) is 2.80. The van der Waals surface area contributed by atoms with Gasteiger partial charge in [0.15, 0.2) is 0 Å². The summed E-state index contributed by atoms with van der Waals surface area (Å²) in [5.74, 6) is -0.435. The summed E-state index contributed by atoms with van der Waals surface area (Å²) < 4.78 is 5.14. The molecule has 20 heavy (non-hydrogen) atoms. The molecule has 1 aromatic heterocycles. The molecule has 1 aromatic carbocycles. The Hall–Kier alpha value is -2.34. The van der Waals surface area contributed by atoms with Crippen LogP contribution in [0.2, 0.25) is 0 Å². The number of primary amides is 1. The number of nitrogens with one attached hydrogen (secondary N) is 1. The highest BCUT2D eigenvalue weighted by molar-refractivity contribution is 7.16. The van der Waals surface area contributed by atoms with E-state index in [-0.39, 0.29) is 5.91 Å². The van der Waals surface area contributed by atoms with Gasteiger partial charge in [0.25, 0.3) is 11.8 Å². The molecule has 0 radical (unpaired) electrons. The number of rotatable bonds is 4. The lowest BCUT2D eigenvalue weighted by atomic mass is 10.2. The summed E-state index contributed by atoms with van der Waals surface area (Å²) in [6.07, 6.45) is 0. The van der Waals surface area contributed by atoms with E-state index in [2.05, 4.69) is 5.32 Å². The Labute approximate surface area is 120 Å². The maximum absolute atomic E-state index is 12.2. The molecule has 0 saturated heterocycles. The van der Waals surface area contributed by atoms with E-state index in [4.69, 9.17) is 10.5 Å². The lowest BCUT2D eigenvalue weighted by Crippen LogP contribution is -2.17. The zero-order valence-electron chi connectivity index (χ0n) is 11.1. The summed E-state index contributed by atoms with van der Waals surface area (Å²) in [4.78, 5) is 24.5. The van der Waals surface area contributed by atoms with Crippen molar-refractivity contribution in [1.29, 1.82) is 0 Å². The van der Waals surface area contributed by atoms with Gasteiger partial charge >= 0.3 is 0 Å². The molecule has 3 N–H and O–H groups in total. The molecule has 5 nitrogen and oxygen atoms in total. The summed E-state index contributed by atoms with van der Waals surface area (Å²) in [5.41, 5.74) is 6.01. The molecule has 6 heteroatoms. The summed E-state index contributed by atoms with van der Waals surface area (Å²) in [5, 5.41) is 3.15. The quantitative estimate of drug-likeness (QED) is 0.907. The third-order valence-corrected chi connectivity index (χ3v) is 3.67. The van der Waals surface area contributed by atoms with Crippen molar-refractivity contribution in [2.45, 2.75) is 6.92 Å². The van der Waals surface area contributed by atoms with Gasteiger partial charge in [-0.1, -0.05) is 12.1 Å². The summed E-state index contributed by atoms with van der Waals surface area (Å²) in [7, 11) is 1.50. The molecule has 1 heterocycles. The van der Waals surface area contributed by atoms with Crippen LogP contribution in [0.1, 0.15) is 25.6 Å². The van der Waals surface area contributed by atoms with Crippen LogP contribution >= 0.6 is 11.3 Å². The standard InChI is InChI=1S/C14H14N2O3S/c1-8-7-10(12(15)17)14(20-8)16-13(18)9-5-3-4-6-11(9)19-2/h3-7H,1-2H3,(H2,15,17)(H,16,18).